The lowest BCUT2D eigenvalue weighted by Crippen LogP contribution is -2.45. The molecule has 1 fully saturated rings. The summed E-state index contributed by atoms with van der Waals surface area (Å²) in [7, 11) is 0. The van der Waals surface area contributed by atoms with E-state index in [-0.39, 0.29) is 12.2 Å². The monoisotopic (exact) mass is 293 g/mol. The average molecular weight is 293 g/mol. The number of carbonyl (C=O) groups is 2. The fourth-order valence-corrected chi connectivity index (χ4v) is 2.33. The summed E-state index contributed by atoms with van der Waals surface area (Å²) in [4.78, 5) is 34.4. The number of nitro benzene ring substituents is 1. The van der Waals surface area contributed by atoms with E-state index in [2.05, 4.69) is 5.32 Å². The third-order valence-corrected chi connectivity index (χ3v) is 3.36. The number of hydrogen-bond acceptors (Lipinski definition) is 4. The molecule has 112 valence electrons. The van der Waals surface area contributed by atoms with Crippen LogP contribution >= 0.6 is 0 Å². The summed E-state index contributed by atoms with van der Waals surface area (Å²) in [5, 5.41) is 22.3. The van der Waals surface area contributed by atoms with Crippen LogP contribution in [0.4, 0.5) is 10.5 Å². The van der Waals surface area contributed by atoms with E-state index >= 15 is 0 Å². The smallest absolute Gasteiger partial charge is 0.326 e. The van der Waals surface area contributed by atoms with Gasteiger partial charge in [0, 0.05) is 25.2 Å². The lowest BCUT2D eigenvalue weighted by Gasteiger charge is -2.21. The second-order valence-corrected chi connectivity index (χ2v) is 4.78. The molecule has 1 aromatic carbocycles. The Morgan fingerprint density at radius 1 is 1.48 bits per heavy atom. The Morgan fingerprint density at radius 2 is 2.24 bits per heavy atom. The molecular formula is C13H15N3O5. The SMILES string of the molecule is O=C(O)C1CCCN1C(=O)NCc1cccc([N+](=O)[O-])c1. The molecular weight excluding hydrogens is 278 g/mol. The van der Waals surface area contributed by atoms with Crippen LogP contribution in [-0.2, 0) is 11.3 Å². The van der Waals surface area contributed by atoms with E-state index in [1.54, 1.807) is 6.07 Å². The molecule has 21 heavy (non-hydrogen) atoms. The van der Waals surface area contributed by atoms with Crippen LogP contribution in [0.2, 0.25) is 0 Å². The zero-order valence-electron chi connectivity index (χ0n) is 11.2. The predicted octanol–water partition coefficient (Wildman–Crippen LogP) is 1.35. The molecule has 0 aromatic heterocycles. The number of benzene rings is 1. The first-order valence-corrected chi connectivity index (χ1v) is 6.49. The highest BCUT2D eigenvalue weighted by Gasteiger charge is 2.33. The number of carboxylic acid groups (broad SMARTS) is 1. The number of aliphatic carboxylic acids is 1. The normalized spacial score (nSPS) is 17.5. The van der Waals surface area contributed by atoms with Crippen LogP contribution in [0.5, 0.6) is 0 Å². The third-order valence-electron chi connectivity index (χ3n) is 3.36. The zero-order chi connectivity index (χ0) is 15.4. The molecule has 1 heterocycles. The second-order valence-electron chi connectivity index (χ2n) is 4.78. The zero-order valence-corrected chi connectivity index (χ0v) is 11.2. The summed E-state index contributed by atoms with van der Waals surface area (Å²) in [5.41, 5.74) is 0.537. The molecule has 1 saturated heterocycles. The molecule has 1 atom stereocenters. The summed E-state index contributed by atoms with van der Waals surface area (Å²) < 4.78 is 0. The molecule has 1 aromatic rings. The first kappa shape index (κ1) is 14.8. The fraction of sp³-hybridized carbons (Fsp3) is 0.385. The molecule has 0 bridgehead atoms. The van der Waals surface area contributed by atoms with Crippen molar-refractivity contribution in [3.8, 4) is 0 Å². The number of likely N-dealkylation sites (tertiary alicyclic amines) is 1. The van der Waals surface area contributed by atoms with E-state index in [9.17, 15) is 19.7 Å². The molecule has 0 aliphatic carbocycles. The van der Waals surface area contributed by atoms with Crippen LogP contribution in [0.25, 0.3) is 0 Å². The third kappa shape index (κ3) is 3.47. The highest BCUT2D eigenvalue weighted by atomic mass is 16.6. The number of amides is 2. The molecule has 8 nitrogen and oxygen atoms in total. The standard InChI is InChI=1S/C13H15N3O5/c17-12(18)11-5-2-6-15(11)13(19)14-8-9-3-1-4-10(7-9)16(20)21/h1,3-4,7,11H,2,5-6,8H2,(H,14,19)(H,17,18). The van der Waals surface area contributed by atoms with Gasteiger partial charge in [0.1, 0.15) is 6.04 Å². The number of urea groups is 1. The average Bonchev–Trinajstić information content (AvgIpc) is 2.94. The summed E-state index contributed by atoms with van der Waals surface area (Å²) in [6, 6.07) is 4.67. The molecule has 0 spiro atoms. The van der Waals surface area contributed by atoms with Gasteiger partial charge in [-0.1, -0.05) is 12.1 Å². The largest absolute Gasteiger partial charge is 0.480 e. The maximum Gasteiger partial charge on any atom is 0.326 e. The Morgan fingerprint density at radius 3 is 2.90 bits per heavy atom. The van der Waals surface area contributed by atoms with E-state index in [0.717, 1.165) is 0 Å². The van der Waals surface area contributed by atoms with Gasteiger partial charge in [0.15, 0.2) is 0 Å². The van der Waals surface area contributed by atoms with Crippen molar-refractivity contribution in [3.63, 3.8) is 0 Å². The Balaban J connectivity index is 1.96. The van der Waals surface area contributed by atoms with Crippen molar-refractivity contribution in [1.82, 2.24) is 10.2 Å². The Hall–Kier alpha value is -2.64. The van der Waals surface area contributed by atoms with Gasteiger partial charge in [-0.25, -0.2) is 9.59 Å². The lowest BCUT2D eigenvalue weighted by molar-refractivity contribution is -0.384. The molecule has 2 N–H and O–H groups in total. The fourth-order valence-electron chi connectivity index (χ4n) is 2.33. The van der Waals surface area contributed by atoms with Crippen molar-refractivity contribution in [2.75, 3.05) is 6.54 Å². The Labute approximate surface area is 120 Å². The van der Waals surface area contributed by atoms with Gasteiger partial charge >= 0.3 is 12.0 Å². The van der Waals surface area contributed by atoms with E-state index in [0.29, 0.717) is 24.9 Å². The molecule has 1 aliphatic heterocycles. The van der Waals surface area contributed by atoms with Crippen molar-refractivity contribution in [3.05, 3.63) is 39.9 Å². The van der Waals surface area contributed by atoms with Crippen LogP contribution in [0.3, 0.4) is 0 Å². The van der Waals surface area contributed by atoms with Crippen molar-refractivity contribution in [2.45, 2.75) is 25.4 Å². The minimum atomic E-state index is -1.02. The van der Waals surface area contributed by atoms with Crippen molar-refractivity contribution in [1.29, 1.82) is 0 Å². The summed E-state index contributed by atoms with van der Waals surface area (Å²) in [5.74, 6) is -1.02. The molecule has 1 unspecified atom stereocenters. The number of non-ortho nitro benzene ring substituents is 1. The van der Waals surface area contributed by atoms with Crippen LogP contribution in [-0.4, -0.2) is 39.5 Å². The van der Waals surface area contributed by atoms with Gasteiger partial charge < -0.3 is 15.3 Å². The van der Waals surface area contributed by atoms with Crippen molar-refractivity contribution >= 4 is 17.7 Å². The van der Waals surface area contributed by atoms with Crippen LogP contribution < -0.4 is 5.32 Å². The molecule has 1 aliphatic rings. The van der Waals surface area contributed by atoms with Gasteiger partial charge in [-0.2, -0.15) is 0 Å². The quantitative estimate of drug-likeness (QED) is 0.642. The number of nitrogens with one attached hydrogen (secondary N) is 1. The maximum absolute atomic E-state index is 12.0. The second kappa shape index (κ2) is 6.21. The van der Waals surface area contributed by atoms with Gasteiger partial charge in [-0.3, -0.25) is 10.1 Å². The van der Waals surface area contributed by atoms with Crippen LogP contribution in [0, 0.1) is 10.1 Å². The maximum atomic E-state index is 12.0. The number of nitro groups is 1. The van der Waals surface area contributed by atoms with Gasteiger partial charge in [0.25, 0.3) is 5.69 Å². The van der Waals surface area contributed by atoms with E-state index in [1.807, 2.05) is 0 Å². The van der Waals surface area contributed by atoms with E-state index in [1.165, 1.54) is 23.1 Å². The Kier molecular flexibility index (Phi) is 4.36. The molecule has 0 radical (unpaired) electrons. The van der Waals surface area contributed by atoms with Crippen LogP contribution in [0.15, 0.2) is 24.3 Å². The number of carbonyl (C=O) groups excluding carboxylic acids is 1. The number of rotatable bonds is 4. The first-order chi connectivity index (χ1) is 9.99. The molecule has 2 amide bonds. The van der Waals surface area contributed by atoms with Gasteiger partial charge in [-0.15, -0.1) is 0 Å². The van der Waals surface area contributed by atoms with Gasteiger partial charge in [0.2, 0.25) is 0 Å². The summed E-state index contributed by atoms with van der Waals surface area (Å²) in [6.07, 6.45) is 1.10. The highest BCUT2D eigenvalue weighted by molar-refractivity contribution is 5.83. The summed E-state index contributed by atoms with van der Waals surface area (Å²) in [6.45, 7) is 0.515. The molecule has 0 saturated carbocycles. The minimum absolute atomic E-state index is 0.0497. The van der Waals surface area contributed by atoms with Crippen molar-refractivity contribution in [2.24, 2.45) is 0 Å². The van der Waals surface area contributed by atoms with E-state index in [4.69, 9.17) is 5.11 Å². The Bertz CT molecular complexity index is 575. The molecule has 2 rings (SSSR count). The lowest BCUT2D eigenvalue weighted by atomic mass is 10.2. The van der Waals surface area contributed by atoms with Gasteiger partial charge in [-0.05, 0) is 18.4 Å². The summed E-state index contributed by atoms with van der Waals surface area (Å²) >= 11 is 0. The molecule has 8 heteroatoms. The predicted molar refractivity (Wildman–Crippen MR) is 72.7 cm³/mol. The highest BCUT2D eigenvalue weighted by Crippen LogP contribution is 2.18. The van der Waals surface area contributed by atoms with Crippen LogP contribution in [0.1, 0.15) is 18.4 Å². The number of carboxylic acids is 1. The van der Waals surface area contributed by atoms with E-state index < -0.39 is 23.0 Å². The number of nitrogens with zero attached hydrogens (tertiary/aromatic N) is 2. The van der Waals surface area contributed by atoms with Crippen molar-refractivity contribution < 1.29 is 19.6 Å². The number of hydrogen-bond donors (Lipinski definition) is 2. The topological polar surface area (TPSA) is 113 Å². The minimum Gasteiger partial charge on any atom is -0.480 e. The van der Waals surface area contributed by atoms with Gasteiger partial charge in [0.05, 0.1) is 4.92 Å². The first-order valence-electron chi connectivity index (χ1n) is 6.49.